The Labute approximate surface area is 276 Å². The van der Waals surface area contributed by atoms with Crippen LogP contribution >= 0.6 is 0 Å². The Hall–Kier alpha value is -4.08. The molecular formula is C39H44N2O6. The summed E-state index contributed by atoms with van der Waals surface area (Å²) in [5.74, 6) is -2.52. The molecule has 1 aliphatic carbocycles. The number of amides is 2. The first-order valence-electron chi connectivity index (χ1n) is 16.7. The fraction of sp³-hybridized carbons (Fsp3) is 0.385. The Morgan fingerprint density at radius 1 is 0.872 bits per heavy atom. The third-order valence-electron chi connectivity index (χ3n) is 10.2. The summed E-state index contributed by atoms with van der Waals surface area (Å²) in [6.45, 7) is 1.62. The van der Waals surface area contributed by atoms with Crippen molar-refractivity contribution < 1.29 is 30.0 Å². The predicted molar refractivity (Wildman–Crippen MR) is 181 cm³/mol. The first kappa shape index (κ1) is 32.8. The SMILES string of the molecule is O=C1[C@@H]2[C@@H](CC(CO)=C([C@H](O)CC/C(=C/c3ccccc3O)c3ccccc3)[C@@H]2CO)C(=O)N1C1CCN(Cc2ccccc2)CC1. The molecule has 6 rings (SSSR count). The van der Waals surface area contributed by atoms with Crippen LogP contribution in [-0.4, -0.2) is 80.5 Å². The number of para-hydroxylation sites is 1. The molecule has 3 aromatic carbocycles. The van der Waals surface area contributed by atoms with Gasteiger partial charge in [-0.1, -0.05) is 78.9 Å². The number of benzene rings is 3. The first-order chi connectivity index (χ1) is 22.9. The van der Waals surface area contributed by atoms with Gasteiger partial charge in [0, 0.05) is 37.2 Å². The van der Waals surface area contributed by atoms with E-state index in [1.165, 1.54) is 10.5 Å². The zero-order valence-electron chi connectivity index (χ0n) is 26.6. The molecule has 0 unspecified atom stereocenters. The zero-order chi connectivity index (χ0) is 32.9. The lowest BCUT2D eigenvalue weighted by molar-refractivity contribution is -0.144. The second kappa shape index (κ2) is 14.8. The van der Waals surface area contributed by atoms with Crippen molar-refractivity contribution in [3.8, 4) is 5.75 Å². The molecule has 8 nitrogen and oxygen atoms in total. The van der Waals surface area contributed by atoms with Crippen LogP contribution in [0.5, 0.6) is 5.75 Å². The quantitative estimate of drug-likeness (QED) is 0.138. The number of phenols is 1. The molecule has 2 aliphatic heterocycles. The van der Waals surface area contributed by atoms with Gasteiger partial charge < -0.3 is 20.4 Å². The number of carbonyl (C=O) groups excluding carboxylic acids is 2. The number of aliphatic hydroxyl groups is 3. The van der Waals surface area contributed by atoms with Gasteiger partial charge in [-0.15, -0.1) is 0 Å². The van der Waals surface area contributed by atoms with E-state index in [4.69, 9.17) is 0 Å². The number of fused-ring (bicyclic) bond motifs is 1. The van der Waals surface area contributed by atoms with E-state index in [1.54, 1.807) is 12.1 Å². The molecular weight excluding hydrogens is 592 g/mol. The van der Waals surface area contributed by atoms with Crippen molar-refractivity contribution in [1.29, 1.82) is 0 Å². The van der Waals surface area contributed by atoms with Crippen molar-refractivity contribution >= 4 is 23.5 Å². The van der Waals surface area contributed by atoms with Crippen LogP contribution in [0.2, 0.25) is 0 Å². The van der Waals surface area contributed by atoms with E-state index in [0.29, 0.717) is 36.0 Å². The molecule has 8 heteroatoms. The molecule has 3 aliphatic rings. The predicted octanol–water partition coefficient (Wildman–Crippen LogP) is 4.64. The Bertz CT molecular complexity index is 1610. The summed E-state index contributed by atoms with van der Waals surface area (Å²) in [7, 11) is 0. The van der Waals surface area contributed by atoms with Crippen molar-refractivity contribution in [2.75, 3.05) is 26.3 Å². The van der Waals surface area contributed by atoms with E-state index < -0.39 is 30.5 Å². The highest BCUT2D eigenvalue weighted by Crippen LogP contribution is 2.47. The number of piperidine rings is 1. The van der Waals surface area contributed by atoms with Crippen LogP contribution in [0.4, 0.5) is 0 Å². The molecule has 246 valence electrons. The largest absolute Gasteiger partial charge is 0.507 e. The second-order valence-electron chi connectivity index (χ2n) is 13.0. The third-order valence-corrected chi connectivity index (χ3v) is 10.2. The molecule has 47 heavy (non-hydrogen) atoms. The molecule has 3 aromatic rings. The lowest BCUT2D eigenvalue weighted by Gasteiger charge is -2.36. The number of hydrogen-bond acceptors (Lipinski definition) is 7. The number of carbonyl (C=O) groups is 2. The van der Waals surface area contributed by atoms with Crippen molar-refractivity contribution in [2.24, 2.45) is 17.8 Å². The standard InChI is InChI=1S/C39H44N2O6/c42-24-30-22-32-37(39(47)41(38(32)46)31-17-19-40(20-18-31)23-26-9-3-1-4-10-26)33(25-43)36(30)35(45)16-15-28(27-11-5-2-6-12-27)21-29-13-7-8-14-34(29)44/h1-14,21,31-33,35,37,42-45H,15-20,22-25H2/b28-21-/t32-,33+,35-,37-/m1/s1. The summed E-state index contributed by atoms with van der Waals surface area (Å²) in [6, 6.07) is 26.9. The van der Waals surface area contributed by atoms with Crippen molar-refractivity contribution in [3.05, 3.63) is 113 Å². The van der Waals surface area contributed by atoms with Crippen molar-refractivity contribution in [2.45, 2.75) is 50.8 Å². The van der Waals surface area contributed by atoms with E-state index in [-0.39, 0.29) is 43.1 Å². The number of nitrogens with zero attached hydrogens (tertiary/aromatic N) is 2. The van der Waals surface area contributed by atoms with E-state index in [0.717, 1.165) is 30.8 Å². The Balaban J connectivity index is 1.18. The second-order valence-corrected chi connectivity index (χ2v) is 13.0. The topological polar surface area (TPSA) is 122 Å². The molecule has 4 N–H and O–H groups in total. The van der Waals surface area contributed by atoms with Crippen LogP contribution in [0.3, 0.4) is 0 Å². The van der Waals surface area contributed by atoms with Gasteiger partial charge in [0.1, 0.15) is 5.75 Å². The number of likely N-dealkylation sites (tertiary alicyclic amines) is 2. The highest BCUT2D eigenvalue weighted by molar-refractivity contribution is 6.06. The van der Waals surface area contributed by atoms with Crippen LogP contribution < -0.4 is 0 Å². The fourth-order valence-electron chi connectivity index (χ4n) is 7.86. The Kier molecular flexibility index (Phi) is 10.3. The molecule has 0 bridgehead atoms. The van der Waals surface area contributed by atoms with Crippen LogP contribution in [0.15, 0.2) is 96.1 Å². The van der Waals surface area contributed by atoms with Crippen LogP contribution in [0.25, 0.3) is 11.6 Å². The molecule has 0 spiro atoms. The molecule has 2 amide bonds. The number of phenolic OH excluding ortho intramolecular Hbond substituents is 1. The van der Waals surface area contributed by atoms with Crippen molar-refractivity contribution in [1.82, 2.24) is 9.80 Å². The molecule has 2 saturated heterocycles. The van der Waals surface area contributed by atoms with Crippen LogP contribution in [-0.2, 0) is 16.1 Å². The average Bonchev–Trinajstić information content (AvgIpc) is 3.36. The molecule has 4 atom stereocenters. The molecule has 0 radical (unpaired) electrons. The minimum absolute atomic E-state index is 0.154. The van der Waals surface area contributed by atoms with Gasteiger partial charge in [-0.2, -0.15) is 0 Å². The lowest BCUT2D eigenvalue weighted by atomic mass is 9.68. The van der Waals surface area contributed by atoms with E-state index >= 15 is 0 Å². The van der Waals surface area contributed by atoms with Gasteiger partial charge in [-0.05, 0) is 72.1 Å². The molecule has 0 aromatic heterocycles. The molecule has 2 fully saturated rings. The van der Waals surface area contributed by atoms with E-state index in [2.05, 4.69) is 17.0 Å². The summed E-state index contributed by atoms with van der Waals surface area (Å²) >= 11 is 0. The normalized spacial score (nSPS) is 23.3. The number of allylic oxidation sites excluding steroid dienone is 1. The summed E-state index contributed by atoms with van der Waals surface area (Å²) in [6.07, 6.45) is 3.15. The van der Waals surface area contributed by atoms with Gasteiger partial charge in [0.25, 0.3) is 0 Å². The van der Waals surface area contributed by atoms with Gasteiger partial charge in [0.05, 0.1) is 31.2 Å². The Morgan fingerprint density at radius 2 is 1.53 bits per heavy atom. The van der Waals surface area contributed by atoms with Crippen LogP contribution in [0, 0.1) is 17.8 Å². The maximum Gasteiger partial charge on any atom is 0.234 e. The van der Waals surface area contributed by atoms with Gasteiger partial charge >= 0.3 is 0 Å². The van der Waals surface area contributed by atoms with Crippen LogP contribution in [0.1, 0.15) is 48.8 Å². The smallest absolute Gasteiger partial charge is 0.234 e. The minimum atomic E-state index is -1.04. The maximum atomic E-state index is 14.0. The zero-order valence-corrected chi connectivity index (χ0v) is 26.6. The first-order valence-corrected chi connectivity index (χ1v) is 16.7. The van der Waals surface area contributed by atoms with E-state index in [1.807, 2.05) is 66.7 Å². The Morgan fingerprint density at radius 3 is 2.19 bits per heavy atom. The number of rotatable bonds is 11. The summed E-state index contributed by atoms with van der Waals surface area (Å²) in [5, 5.41) is 43.2. The monoisotopic (exact) mass is 636 g/mol. The summed E-state index contributed by atoms with van der Waals surface area (Å²) in [4.78, 5) is 31.6. The number of aromatic hydroxyl groups is 1. The summed E-state index contributed by atoms with van der Waals surface area (Å²) in [5.41, 5.74) is 4.75. The van der Waals surface area contributed by atoms with Gasteiger partial charge in [0.2, 0.25) is 11.8 Å². The average molecular weight is 637 g/mol. The van der Waals surface area contributed by atoms with Gasteiger partial charge in [-0.3, -0.25) is 19.4 Å². The van der Waals surface area contributed by atoms with E-state index in [9.17, 15) is 30.0 Å². The lowest BCUT2D eigenvalue weighted by Crippen LogP contribution is -2.47. The fourth-order valence-corrected chi connectivity index (χ4v) is 7.86. The number of aliphatic hydroxyl groups excluding tert-OH is 3. The minimum Gasteiger partial charge on any atom is -0.507 e. The number of hydrogen-bond donors (Lipinski definition) is 4. The van der Waals surface area contributed by atoms with Gasteiger partial charge in [0.15, 0.2) is 0 Å². The molecule has 2 heterocycles. The number of imide groups is 1. The maximum absolute atomic E-state index is 14.0. The highest BCUT2D eigenvalue weighted by atomic mass is 16.3. The summed E-state index contributed by atoms with van der Waals surface area (Å²) < 4.78 is 0. The van der Waals surface area contributed by atoms with Gasteiger partial charge in [-0.25, -0.2) is 0 Å². The third kappa shape index (κ3) is 6.97. The van der Waals surface area contributed by atoms with Crippen molar-refractivity contribution in [3.63, 3.8) is 0 Å². The highest BCUT2D eigenvalue weighted by Gasteiger charge is 2.56. The molecule has 0 saturated carbocycles.